The van der Waals surface area contributed by atoms with Crippen molar-refractivity contribution < 1.29 is 0 Å². The molecule has 13 heavy (non-hydrogen) atoms. The lowest BCUT2D eigenvalue weighted by Gasteiger charge is -2.17. The molecule has 1 nitrogen and oxygen atoms in total. The molecule has 0 N–H and O–H groups in total. The molecule has 2 unspecified atom stereocenters. The van der Waals surface area contributed by atoms with E-state index in [1.54, 1.807) is 0 Å². The highest BCUT2D eigenvalue weighted by Crippen LogP contribution is 2.26. The zero-order chi connectivity index (χ0) is 9.68. The van der Waals surface area contributed by atoms with Crippen LogP contribution in [0.5, 0.6) is 0 Å². The van der Waals surface area contributed by atoms with Gasteiger partial charge in [-0.05, 0) is 37.5 Å². The Morgan fingerprint density at radius 1 is 1.38 bits per heavy atom. The largest absolute Gasteiger partial charge is 0.248 e. The molecule has 0 radical (unpaired) electrons. The third-order valence-electron chi connectivity index (χ3n) is 3.23. The van der Waals surface area contributed by atoms with Crippen LogP contribution in [0.15, 0.2) is 0 Å². The second-order valence-electron chi connectivity index (χ2n) is 4.46. The van der Waals surface area contributed by atoms with Crippen molar-refractivity contribution >= 4 is 22.9 Å². The fourth-order valence-corrected chi connectivity index (χ4v) is 2.72. The molecule has 2 atom stereocenters. The summed E-state index contributed by atoms with van der Waals surface area (Å²) in [7, 11) is 0. The molecular weight excluding hydrogens is 273 g/mol. The van der Waals surface area contributed by atoms with Gasteiger partial charge in [0.2, 0.25) is 0 Å². The SMILES string of the molecule is CCC(C)CC1CCCN(I)CC1. The molecule has 0 aromatic rings. The van der Waals surface area contributed by atoms with Gasteiger partial charge in [0, 0.05) is 36.0 Å². The highest BCUT2D eigenvalue weighted by Gasteiger charge is 2.16. The molecule has 1 fully saturated rings. The van der Waals surface area contributed by atoms with Gasteiger partial charge in [-0.2, -0.15) is 0 Å². The zero-order valence-corrected chi connectivity index (χ0v) is 11.1. The fourth-order valence-electron chi connectivity index (χ4n) is 2.10. The normalized spacial score (nSPS) is 28.4. The van der Waals surface area contributed by atoms with Gasteiger partial charge in [-0.15, -0.1) is 0 Å². The molecule has 1 rings (SSSR count). The van der Waals surface area contributed by atoms with E-state index in [2.05, 4.69) is 39.8 Å². The van der Waals surface area contributed by atoms with Crippen LogP contribution < -0.4 is 0 Å². The topological polar surface area (TPSA) is 3.24 Å². The summed E-state index contributed by atoms with van der Waals surface area (Å²) in [6.07, 6.45) is 7.10. The molecule has 0 aromatic carbocycles. The Balaban J connectivity index is 2.25. The number of hydrogen-bond donors (Lipinski definition) is 0. The predicted molar refractivity (Wildman–Crippen MR) is 67.0 cm³/mol. The molecule has 0 spiro atoms. The summed E-state index contributed by atoms with van der Waals surface area (Å²) in [4.78, 5) is 0. The van der Waals surface area contributed by atoms with Crippen molar-refractivity contribution in [3.63, 3.8) is 0 Å². The molecule has 78 valence electrons. The van der Waals surface area contributed by atoms with Crippen LogP contribution in [0.25, 0.3) is 0 Å². The first-order valence-electron chi connectivity index (χ1n) is 5.63. The summed E-state index contributed by atoms with van der Waals surface area (Å²) in [5.41, 5.74) is 0. The quantitative estimate of drug-likeness (QED) is 0.564. The van der Waals surface area contributed by atoms with E-state index in [1.807, 2.05) is 0 Å². The molecule has 1 saturated heterocycles. The molecular formula is C11H22IN. The van der Waals surface area contributed by atoms with Gasteiger partial charge >= 0.3 is 0 Å². The minimum atomic E-state index is 0.936. The zero-order valence-electron chi connectivity index (χ0n) is 8.93. The standard InChI is InChI=1S/C11H22IN/c1-3-10(2)9-11-5-4-7-13(12)8-6-11/h10-11H,3-9H2,1-2H3. The van der Waals surface area contributed by atoms with E-state index in [1.165, 1.54) is 45.2 Å². The van der Waals surface area contributed by atoms with Crippen molar-refractivity contribution in [2.24, 2.45) is 11.8 Å². The van der Waals surface area contributed by atoms with E-state index in [-0.39, 0.29) is 0 Å². The Kier molecular flexibility index (Phi) is 5.63. The molecule has 2 heteroatoms. The lowest BCUT2D eigenvalue weighted by molar-refractivity contribution is 0.352. The van der Waals surface area contributed by atoms with Gasteiger partial charge in [0.15, 0.2) is 0 Å². The van der Waals surface area contributed by atoms with Crippen LogP contribution in [0.2, 0.25) is 0 Å². The summed E-state index contributed by atoms with van der Waals surface area (Å²) in [5.74, 6) is 1.94. The number of nitrogens with zero attached hydrogens (tertiary/aromatic N) is 1. The van der Waals surface area contributed by atoms with E-state index >= 15 is 0 Å². The van der Waals surface area contributed by atoms with Crippen LogP contribution in [-0.4, -0.2) is 16.2 Å². The summed E-state index contributed by atoms with van der Waals surface area (Å²) in [5, 5.41) is 0. The third-order valence-corrected chi connectivity index (χ3v) is 4.19. The minimum absolute atomic E-state index is 0.936. The van der Waals surface area contributed by atoms with E-state index in [9.17, 15) is 0 Å². The Morgan fingerprint density at radius 2 is 2.15 bits per heavy atom. The number of hydrogen-bond acceptors (Lipinski definition) is 1. The van der Waals surface area contributed by atoms with Gasteiger partial charge in [0.25, 0.3) is 0 Å². The van der Waals surface area contributed by atoms with Gasteiger partial charge in [-0.3, -0.25) is 0 Å². The average Bonchev–Trinajstić information content (AvgIpc) is 2.31. The van der Waals surface area contributed by atoms with Crippen LogP contribution in [0.3, 0.4) is 0 Å². The number of rotatable bonds is 3. The highest BCUT2D eigenvalue weighted by atomic mass is 127. The van der Waals surface area contributed by atoms with Crippen molar-refractivity contribution in [1.29, 1.82) is 0 Å². The third kappa shape index (κ3) is 4.63. The molecule has 0 saturated carbocycles. The highest BCUT2D eigenvalue weighted by molar-refractivity contribution is 14.1. The van der Waals surface area contributed by atoms with Crippen LogP contribution in [0.1, 0.15) is 46.0 Å². The van der Waals surface area contributed by atoms with Crippen LogP contribution in [-0.2, 0) is 0 Å². The van der Waals surface area contributed by atoms with Crippen LogP contribution >= 0.6 is 22.9 Å². The Bertz CT molecular complexity index is 138. The van der Waals surface area contributed by atoms with E-state index < -0.39 is 0 Å². The maximum atomic E-state index is 2.47. The monoisotopic (exact) mass is 295 g/mol. The molecule has 1 heterocycles. The lowest BCUT2D eigenvalue weighted by Crippen LogP contribution is -2.12. The second-order valence-corrected chi connectivity index (χ2v) is 5.82. The van der Waals surface area contributed by atoms with Gasteiger partial charge in [-0.25, -0.2) is 3.11 Å². The molecule has 0 aliphatic carbocycles. The maximum absolute atomic E-state index is 2.47. The Labute approximate surface area is 96.8 Å². The summed E-state index contributed by atoms with van der Waals surface area (Å²) >= 11 is 2.47. The molecule has 0 amide bonds. The summed E-state index contributed by atoms with van der Waals surface area (Å²) < 4.78 is 2.45. The smallest absolute Gasteiger partial charge is 0.0201 e. The lowest BCUT2D eigenvalue weighted by atomic mass is 9.89. The van der Waals surface area contributed by atoms with Crippen molar-refractivity contribution in [3.05, 3.63) is 0 Å². The first-order chi connectivity index (χ1) is 6.22. The van der Waals surface area contributed by atoms with Gasteiger partial charge < -0.3 is 0 Å². The van der Waals surface area contributed by atoms with Crippen molar-refractivity contribution in [1.82, 2.24) is 3.11 Å². The Morgan fingerprint density at radius 3 is 2.85 bits per heavy atom. The van der Waals surface area contributed by atoms with Gasteiger partial charge in [0.1, 0.15) is 0 Å². The predicted octanol–water partition coefficient (Wildman–Crippen LogP) is 3.87. The van der Waals surface area contributed by atoms with Crippen molar-refractivity contribution in [2.45, 2.75) is 46.0 Å². The van der Waals surface area contributed by atoms with E-state index in [0.29, 0.717) is 0 Å². The first kappa shape index (κ1) is 11.8. The minimum Gasteiger partial charge on any atom is -0.248 e. The molecule has 1 aliphatic heterocycles. The second kappa shape index (κ2) is 6.23. The van der Waals surface area contributed by atoms with Gasteiger partial charge in [-0.1, -0.05) is 20.3 Å². The van der Waals surface area contributed by atoms with Crippen LogP contribution in [0, 0.1) is 11.8 Å². The summed E-state index contributed by atoms with van der Waals surface area (Å²) in [6, 6.07) is 0. The van der Waals surface area contributed by atoms with Gasteiger partial charge in [0.05, 0.1) is 0 Å². The first-order valence-corrected chi connectivity index (χ1v) is 6.59. The van der Waals surface area contributed by atoms with Crippen molar-refractivity contribution in [3.8, 4) is 0 Å². The fraction of sp³-hybridized carbons (Fsp3) is 1.00. The van der Waals surface area contributed by atoms with Crippen molar-refractivity contribution in [2.75, 3.05) is 13.1 Å². The van der Waals surface area contributed by atoms with Crippen LogP contribution in [0.4, 0.5) is 0 Å². The molecule has 0 bridgehead atoms. The Hall–Kier alpha value is 0.690. The summed E-state index contributed by atoms with van der Waals surface area (Å²) in [6.45, 7) is 7.32. The molecule has 0 aromatic heterocycles. The number of halogens is 1. The average molecular weight is 295 g/mol. The maximum Gasteiger partial charge on any atom is 0.0201 e. The molecule has 1 aliphatic rings. The van der Waals surface area contributed by atoms with E-state index in [0.717, 1.165) is 11.8 Å². The van der Waals surface area contributed by atoms with E-state index in [4.69, 9.17) is 0 Å².